The predicted octanol–water partition coefficient (Wildman–Crippen LogP) is 3.80. The van der Waals surface area contributed by atoms with Crippen LogP contribution in [0.5, 0.6) is 0 Å². The van der Waals surface area contributed by atoms with Gasteiger partial charge in [-0.1, -0.05) is 33.1 Å². The zero-order valence-electron chi connectivity index (χ0n) is 22.0. The monoisotopic (exact) mass is 464 g/mol. The Bertz CT molecular complexity index is 540. The van der Waals surface area contributed by atoms with Gasteiger partial charge in [0.2, 0.25) is 5.91 Å². The molecule has 1 amide bonds. The average Bonchev–Trinajstić information content (AvgIpc) is 2.83. The van der Waals surface area contributed by atoms with Crippen LogP contribution in [0.25, 0.3) is 0 Å². The molecule has 6 heteroatoms. The molecule has 2 heterocycles. The minimum atomic E-state index is 0.199. The van der Waals surface area contributed by atoms with Crippen LogP contribution in [0.3, 0.4) is 0 Å². The lowest BCUT2D eigenvalue weighted by molar-refractivity contribution is -0.121. The van der Waals surface area contributed by atoms with Crippen molar-refractivity contribution in [1.82, 2.24) is 20.0 Å². The van der Waals surface area contributed by atoms with Gasteiger partial charge in [0.25, 0.3) is 0 Å². The second-order valence-electron chi connectivity index (χ2n) is 10.5. The summed E-state index contributed by atoms with van der Waals surface area (Å²) in [5.41, 5.74) is 0. The lowest BCUT2D eigenvalue weighted by atomic mass is 9.87. The largest absolute Gasteiger partial charge is 0.355 e. The fourth-order valence-corrected chi connectivity index (χ4v) is 5.38. The Morgan fingerprint density at radius 3 is 1.91 bits per heavy atom. The number of nitrogens with zero attached hydrogens (tertiary/aromatic N) is 3. The van der Waals surface area contributed by atoms with Gasteiger partial charge >= 0.3 is 0 Å². The first-order valence-corrected chi connectivity index (χ1v) is 13.9. The number of piperidine rings is 2. The maximum atomic E-state index is 12.1. The van der Waals surface area contributed by atoms with E-state index in [1.807, 2.05) is 6.92 Å². The lowest BCUT2D eigenvalue weighted by Crippen LogP contribution is -2.38. The van der Waals surface area contributed by atoms with Gasteiger partial charge in [-0.3, -0.25) is 9.59 Å². The number of carbonyl (C=O) groups excluding carboxylic acids is 2. The third kappa shape index (κ3) is 12.3. The van der Waals surface area contributed by atoms with Crippen LogP contribution < -0.4 is 5.32 Å². The Hall–Kier alpha value is -0.980. The number of nitrogens with one attached hydrogen (secondary N) is 1. The second kappa shape index (κ2) is 16.6. The van der Waals surface area contributed by atoms with Crippen LogP contribution in [0.1, 0.15) is 84.5 Å². The standard InChI is InChI=1S/C27H52N4O2/c1-4-16-29(3)23-15-28-27(33)14-22-31-19-11-25(12-20-31)8-6-7-24-9-17-30(18-10-24)21-13-26(32)5-2/h24-25H,4-23H2,1-3H3,(H,28,33). The highest BCUT2D eigenvalue weighted by molar-refractivity contribution is 5.78. The zero-order chi connectivity index (χ0) is 23.9. The highest BCUT2D eigenvalue weighted by Gasteiger charge is 2.22. The number of likely N-dealkylation sites (tertiary alicyclic amines) is 2. The molecule has 0 aromatic heterocycles. The summed E-state index contributed by atoms with van der Waals surface area (Å²) in [7, 11) is 2.11. The van der Waals surface area contributed by atoms with Crippen molar-refractivity contribution < 1.29 is 9.59 Å². The van der Waals surface area contributed by atoms with Crippen LogP contribution in [-0.4, -0.2) is 92.3 Å². The van der Waals surface area contributed by atoms with Crippen molar-refractivity contribution in [3.05, 3.63) is 0 Å². The van der Waals surface area contributed by atoms with Crippen molar-refractivity contribution in [3.63, 3.8) is 0 Å². The van der Waals surface area contributed by atoms with Crippen molar-refractivity contribution in [1.29, 1.82) is 0 Å². The SMILES string of the molecule is CCCN(C)CCNC(=O)CCN1CCC(CCCC2CCN(CCC(=O)CC)CC2)CC1. The molecule has 2 rings (SSSR count). The predicted molar refractivity (Wildman–Crippen MR) is 138 cm³/mol. The fourth-order valence-electron chi connectivity index (χ4n) is 5.38. The van der Waals surface area contributed by atoms with E-state index in [9.17, 15) is 9.59 Å². The minimum Gasteiger partial charge on any atom is -0.355 e. The summed E-state index contributed by atoms with van der Waals surface area (Å²) in [5.74, 6) is 2.37. The van der Waals surface area contributed by atoms with Crippen molar-refractivity contribution in [2.24, 2.45) is 11.8 Å². The van der Waals surface area contributed by atoms with E-state index in [1.54, 1.807) is 0 Å². The van der Waals surface area contributed by atoms with Crippen LogP contribution in [0.15, 0.2) is 0 Å². The molecule has 2 saturated heterocycles. The summed E-state index contributed by atoms with van der Waals surface area (Å²) in [6, 6.07) is 0. The maximum absolute atomic E-state index is 12.1. The molecular formula is C27H52N4O2. The van der Waals surface area contributed by atoms with E-state index < -0.39 is 0 Å². The molecule has 6 nitrogen and oxygen atoms in total. The number of ketones is 1. The lowest BCUT2D eigenvalue weighted by Gasteiger charge is -2.33. The third-order valence-electron chi connectivity index (χ3n) is 7.82. The Labute approximate surface area is 203 Å². The molecule has 2 fully saturated rings. The number of hydrogen-bond acceptors (Lipinski definition) is 5. The Morgan fingerprint density at radius 2 is 1.39 bits per heavy atom. The molecular weight excluding hydrogens is 412 g/mol. The number of likely N-dealkylation sites (N-methyl/N-ethyl adjacent to an activating group) is 1. The molecule has 2 aliphatic rings. The molecule has 0 saturated carbocycles. The van der Waals surface area contributed by atoms with E-state index >= 15 is 0 Å². The van der Waals surface area contributed by atoms with Crippen LogP contribution in [0, 0.1) is 11.8 Å². The van der Waals surface area contributed by atoms with Crippen molar-refractivity contribution in [3.8, 4) is 0 Å². The molecule has 33 heavy (non-hydrogen) atoms. The van der Waals surface area contributed by atoms with E-state index in [4.69, 9.17) is 0 Å². The number of amides is 1. The first-order valence-electron chi connectivity index (χ1n) is 13.9. The van der Waals surface area contributed by atoms with Crippen molar-refractivity contribution in [2.45, 2.75) is 84.5 Å². The second-order valence-corrected chi connectivity index (χ2v) is 10.5. The van der Waals surface area contributed by atoms with Gasteiger partial charge in [-0.15, -0.1) is 0 Å². The minimum absolute atomic E-state index is 0.199. The Balaban J connectivity index is 1.46. The number of Topliss-reactive ketones (excluding diaryl/α,β-unsaturated/α-hetero) is 1. The molecule has 0 aromatic rings. The highest BCUT2D eigenvalue weighted by Crippen LogP contribution is 2.27. The van der Waals surface area contributed by atoms with Crippen molar-refractivity contribution in [2.75, 3.05) is 66.0 Å². The summed E-state index contributed by atoms with van der Waals surface area (Å²) in [4.78, 5) is 30.9. The van der Waals surface area contributed by atoms with Gasteiger partial charge in [-0.05, 0) is 83.7 Å². The normalized spacial score (nSPS) is 19.3. The number of hydrogen-bond donors (Lipinski definition) is 1. The van der Waals surface area contributed by atoms with Gasteiger partial charge in [-0.2, -0.15) is 0 Å². The van der Waals surface area contributed by atoms with Gasteiger partial charge in [0.15, 0.2) is 0 Å². The maximum Gasteiger partial charge on any atom is 0.221 e. The molecule has 0 atom stereocenters. The molecule has 0 aromatic carbocycles. The molecule has 1 N–H and O–H groups in total. The van der Waals surface area contributed by atoms with Crippen LogP contribution in [0.4, 0.5) is 0 Å². The topological polar surface area (TPSA) is 55.9 Å². The van der Waals surface area contributed by atoms with E-state index in [2.05, 4.69) is 34.0 Å². The summed E-state index contributed by atoms with van der Waals surface area (Å²) < 4.78 is 0. The molecule has 0 radical (unpaired) electrons. The average molecular weight is 465 g/mol. The summed E-state index contributed by atoms with van der Waals surface area (Å²) in [5, 5.41) is 3.07. The van der Waals surface area contributed by atoms with Crippen LogP contribution in [0.2, 0.25) is 0 Å². The molecule has 2 aliphatic heterocycles. The van der Waals surface area contributed by atoms with E-state index in [-0.39, 0.29) is 5.91 Å². The Morgan fingerprint density at radius 1 is 0.848 bits per heavy atom. The highest BCUT2D eigenvalue weighted by atomic mass is 16.1. The first-order chi connectivity index (χ1) is 16.0. The van der Waals surface area contributed by atoms with Gasteiger partial charge in [0, 0.05) is 45.4 Å². The third-order valence-corrected chi connectivity index (χ3v) is 7.82. The van der Waals surface area contributed by atoms with E-state index in [0.29, 0.717) is 18.6 Å². The van der Waals surface area contributed by atoms with Gasteiger partial charge in [-0.25, -0.2) is 0 Å². The molecule has 0 spiro atoms. The fraction of sp³-hybridized carbons (Fsp3) is 0.926. The van der Waals surface area contributed by atoms with Crippen LogP contribution >= 0.6 is 0 Å². The first kappa shape index (κ1) is 28.3. The van der Waals surface area contributed by atoms with Crippen molar-refractivity contribution >= 4 is 11.7 Å². The molecule has 192 valence electrons. The summed E-state index contributed by atoms with van der Waals surface area (Å²) in [6.45, 7) is 13.5. The molecule has 0 bridgehead atoms. The smallest absolute Gasteiger partial charge is 0.221 e. The molecule has 0 aliphatic carbocycles. The summed E-state index contributed by atoms with van der Waals surface area (Å²) in [6.07, 6.45) is 12.6. The van der Waals surface area contributed by atoms with Gasteiger partial charge in [0.1, 0.15) is 5.78 Å². The summed E-state index contributed by atoms with van der Waals surface area (Å²) >= 11 is 0. The number of rotatable bonds is 16. The zero-order valence-corrected chi connectivity index (χ0v) is 22.0. The Kier molecular flexibility index (Phi) is 14.2. The van der Waals surface area contributed by atoms with Crippen LogP contribution in [-0.2, 0) is 9.59 Å². The van der Waals surface area contributed by atoms with E-state index in [1.165, 1.54) is 58.0 Å². The quantitative estimate of drug-likeness (QED) is 0.377. The van der Waals surface area contributed by atoms with Gasteiger partial charge < -0.3 is 20.0 Å². The van der Waals surface area contributed by atoms with E-state index in [0.717, 1.165) is 70.5 Å². The van der Waals surface area contributed by atoms with Gasteiger partial charge in [0.05, 0.1) is 0 Å². The molecule has 0 unspecified atom stereocenters. The number of carbonyl (C=O) groups is 2.